The molecule has 0 aliphatic rings. The van der Waals surface area contributed by atoms with E-state index in [0.29, 0.717) is 34.5 Å². The molecule has 6 nitrogen and oxygen atoms in total. The Balaban J connectivity index is 0.00000298. The van der Waals surface area contributed by atoms with Crippen molar-refractivity contribution in [1.29, 1.82) is 0 Å². The van der Waals surface area contributed by atoms with E-state index in [9.17, 15) is 14.4 Å². The summed E-state index contributed by atoms with van der Waals surface area (Å²) in [6.07, 6.45) is 4.89. The summed E-state index contributed by atoms with van der Waals surface area (Å²) in [5.74, 6) is -0.953. The minimum Gasteiger partial charge on any atom is -0.465 e. The lowest BCUT2D eigenvalue weighted by atomic mass is 9.92. The number of benzene rings is 2. The zero-order valence-corrected chi connectivity index (χ0v) is 21.5. The topological polar surface area (TPSA) is 84.5 Å². The minimum atomic E-state index is -0.606. The molecule has 0 heterocycles. The molecule has 0 unspecified atom stereocenters. The van der Waals surface area contributed by atoms with Crippen molar-refractivity contribution < 1.29 is 19.1 Å². The van der Waals surface area contributed by atoms with Gasteiger partial charge in [0.1, 0.15) is 0 Å². The first kappa shape index (κ1) is 29.1. The van der Waals surface area contributed by atoms with Gasteiger partial charge in [-0.25, -0.2) is 4.79 Å². The van der Waals surface area contributed by atoms with Gasteiger partial charge in [-0.2, -0.15) is 0 Å². The molecule has 0 saturated heterocycles. The van der Waals surface area contributed by atoms with Gasteiger partial charge in [-0.3, -0.25) is 9.59 Å². The number of ether oxygens (including phenoxy) is 1. The molecule has 186 valence electrons. The molecule has 0 aromatic heterocycles. The van der Waals surface area contributed by atoms with Crippen molar-refractivity contribution in [2.75, 3.05) is 13.7 Å². The smallest absolute Gasteiger partial charge is 0.338 e. The van der Waals surface area contributed by atoms with Crippen molar-refractivity contribution in [2.24, 2.45) is 5.92 Å². The molecule has 0 bridgehead atoms. The highest BCUT2D eigenvalue weighted by Gasteiger charge is 2.21. The Morgan fingerprint density at radius 3 is 2.17 bits per heavy atom. The molecule has 0 aliphatic carbocycles. The van der Waals surface area contributed by atoms with E-state index in [1.165, 1.54) is 13.2 Å². The largest absolute Gasteiger partial charge is 0.465 e. The van der Waals surface area contributed by atoms with Gasteiger partial charge in [-0.1, -0.05) is 71.2 Å². The lowest BCUT2D eigenvalue weighted by Gasteiger charge is -2.16. The van der Waals surface area contributed by atoms with E-state index in [0.717, 1.165) is 5.56 Å². The van der Waals surface area contributed by atoms with Crippen LogP contribution in [0.15, 0.2) is 67.4 Å². The minimum absolute atomic E-state index is 0.188. The third-order valence-corrected chi connectivity index (χ3v) is 4.85. The maximum atomic E-state index is 13.1. The second kappa shape index (κ2) is 14.4. The summed E-state index contributed by atoms with van der Waals surface area (Å²) in [4.78, 5) is 38.2. The van der Waals surface area contributed by atoms with Gasteiger partial charge < -0.3 is 15.4 Å². The highest BCUT2D eigenvalue weighted by Crippen LogP contribution is 2.30. The highest BCUT2D eigenvalue weighted by molar-refractivity contribution is 6.07. The predicted octanol–water partition coefficient (Wildman–Crippen LogP) is 6.01. The summed E-state index contributed by atoms with van der Waals surface area (Å²) in [6.45, 7) is 17.7. The number of rotatable bonds is 9. The Bertz CT molecular complexity index is 1110. The van der Waals surface area contributed by atoms with Gasteiger partial charge in [0.15, 0.2) is 0 Å². The summed E-state index contributed by atoms with van der Waals surface area (Å²) in [5.41, 5.74) is 3.25. The predicted molar refractivity (Wildman–Crippen MR) is 143 cm³/mol. The number of carbonyl (C=O) groups is 3. The number of hydrogen-bond acceptors (Lipinski definition) is 4. The fraction of sp³-hybridized carbons (Fsp3) is 0.276. The summed E-state index contributed by atoms with van der Waals surface area (Å²) in [5, 5.41) is 5.65. The monoisotopic (exact) mass is 476 g/mol. The summed E-state index contributed by atoms with van der Waals surface area (Å²) >= 11 is 0. The molecule has 2 N–H and O–H groups in total. The van der Waals surface area contributed by atoms with Crippen molar-refractivity contribution in [2.45, 2.75) is 34.6 Å². The SMILES string of the molecule is C=C/C=C(\C)NC(=O)c1cc(C=C)ccc1-c1ccc(C(=O)NCC(C)C)cc1C(=O)OC.CC. The number of amides is 2. The van der Waals surface area contributed by atoms with Gasteiger partial charge in [0, 0.05) is 23.4 Å². The van der Waals surface area contributed by atoms with Gasteiger partial charge in [-0.05, 0) is 53.8 Å². The van der Waals surface area contributed by atoms with E-state index in [1.807, 2.05) is 27.7 Å². The fourth-order valence-electron chi connectivity index (χ4n) is 3.17. The number of methoxy groups -OCH3 is 1. The van der Waals surface area contributed by atoms with Crippen molar-refractivity contribution in [3.8, 4) is 11.1 Å². The van der Waals surface area contributed by atoms with Crippen molar-refractivity contribution in [3.05, 3.63) is 89.7 Å². The standard InChI is InChI=1S/C27H30N2O4.C2H6/c1-7-9-18(5)29-26(31)23-14-19(8-2)10-12-21(23)22-13-11-20(15-24(22)27(32)33-6)25(30)28-16-17(3)4;1-2/h7-15,17H,1-2,16H2,3-6H3,(H,28,30)(H,29,31);1-2H3/b18-9+;. The van der Waals surface area contributed by atoms with Crippen LogP contribution in [0.1, 0.15) is 71.3 Å². The maximum absolute atomic E-state index is 13.1. The van der Waals surface area contributed by atoms with E-state index in [2.05, 4.69) is 23.8 Å². The molecule has 35 heavy (non-hydrogen) atoms. The van der Waals surface area contributed by atoms with Crippen LogP contribution in [-0.2, 0) is 4.74 Å². The molecular formula is C29H36N2O4. The second-order valence-corrected chi connectivity index (χ2v) is 7.90. The Hall–Kier alpha value is -3.93. The van der Waals surface area contributed by atoms with E-state index in [4.69, 9.17) is 4.74 Å². The zero-order chi connectivity index (χ0) is 26.5. The molecule has 6 heteroatoms. The average molecular weight is 477 g/mol. The van der Waals surface area contributed by atoms with Crippen LogP contribution in [0.3, 0.4) is 0 Å². The molecule has 0 aliphatic heterocycles. The molecule has 0 fully saturated rings. The van der Waals surface area contributed by atoms with E-state index < -0.39 is 5.97 Å². The van der Waals surface area contributed by atoms with Crippen LogP contribution in [-0.4, -0.2) is 31.4 Å². The van der Waals surface area contributed by atoms with Crippen molar-refractivity contribution >= 4 is 23.9 Å². The quantitative estimate of drug-likeness (QED) is 0.343. The number of allylic oxidation sites excluding steroid dienone is 3. The zero-order valence-electron chi connectivity index (χ0n) is 21.5. The number of hydrogen-bond donors (Lipinski definition) is 2. The molecule has 2 aromatic carbocycles. The molecule has 2 aromatic rings. The van der Waals surface area contributed by atoms with Crippen LogP contribution in [0, 0.1) is 5.92 Å². The lowest BCUT2D eigenvalue weighted by Crippen LogP contribution is -2.27. The first-order valence-electron chi connectivity index (χ1n) is 11.6. The lowest BCUT2D eigenvalue weighted by molar-refractivity contribution is 0.0601. The fourth-order valence-corrected chi connectivity index (χ4v) is 3.17. The van der Waals surface area contributed by atoms with Crippen molar-refractivity contribution in [1.82, 2.24) is 10.6 Å². The van der Waals surface area contributed by atoms with Gasteiger partial charge in [0.05, 0.1) is 12.7 Å². The van der Waals surface area contributed by atoms with Gasteiger partial charge >= 0.3 is 5.97 Å². The van der Waals surface area contributed by atoms with Crippen LogP contribution in [0.2, 0.25) is 0 Å². The van der Waals surface area contributed by atoms with E-state index in [-0.39, 0.29) is 23.3 Å². The molecule has 0 spiro atoms. The van der Waals surface area contributed by atoms with Crippen molar-refractivity contribution in [3.63, 3.8) is 0 Å². The van der Waals surface area contributed by atoms with Gasteiger partial charge in [0.2, 0.25) is 0 Å². The van der Waals surface area contributed by atoms with Crippen LogP contribution in [0.5, 0.6) is 0 Å². The first-order chi connectivity index (χ1) is 16.7. The third-order valence-electron chi connectivity index (χ3n) is 4.85. The molecule has 0 saturated carbocycles. The normalized spacial score (nSPS) is 10.5. The Labute approximate surface area is 208 Å². The first-order valence-corrected chi connectivity index (χ1v) is 11.6. The van der Waals surface area contributed by atoms with Crippen LogP contribution >= 0.6 is 0 Å². The van der Waals surface area contributed by atoms with Crippen LogP contribution < -0.4 is 10.6 Å². The molecule has 0 radical (unpaired) electrons. The average Bonchev–Trinajstić information content (AvgIpc) is 2.87. The highest BCUT2D eigenvalue weighted by atomic mass is 16.5. The Morgan fingerprint density at radius 2 is 1.60 bits per heavy atom. The maximum Gasteiger partial charge on any atom is 0.338 e. The molecule has 0 atom stereocenters. The second-order valence-electron chi connectivity index (χ2n) is 7.90. The molecule has 2 rings (SSSR count). The summed E-state index contributed by atoms with van der Waals surface area (Å²) in [7, 11) is 1.27. The van der Waals surface area contributed by atoms with E-state index in [1.54, 1.807) is 55.5 Å². The number of esters is 1. The number of carbonyl (C=O) groups excluding carboxylic acids is 3. The van der Waals surface area contributed by atoms with Gasteiger partial charge in [0.25, 0.3) is 11.8 Å². The molecule has 2 amide bonds. The Kier molecular flexibility index (Phi) is 11.9. The third kappa shape index (κ3) is 8.10. The van der Waals surface area contributed by atoms with Crippen LogP contribution in [0.4, 0.5) is 0 Å². The van der Waals surface area contributed by atoms with Gasteiger partial charge in [-0.15, -0.1) is 0 Å². The Morgan fingerprint density at radius 1 is 0.971 bits per heavy atom. The molecular weight excluding hydrogens is 440 g/mol. The van der Waals surface area contributed by atoms with Crippen LogP contribution in [0.25, 0.3) is 17.2 Å². The summed E-state index contributed by atoms with van der Waals surface area (Å²) < 4.78 is 4.97. The number of nitrogens with one attached hydrogen (secondary N) is 2. The summed E-state index contributed by atoms with van der Waals surface area (Å²) in [6, 6.07) is 10.0. The van der Waals surface area contributed by atoms with E-state index >= 15 is 0 Å².